The molecule has 1 atom stereocenters. The minimum absolute atomic E-state index is 0.0328. The van der Waals surface area contributed by atoms with Gasteiger partial charge in [-0.05, 0) is 30.2 Å². The lowest BCUT2D eigenvalue weighted by Crippen LogP contribution is -2.55. The van der Waals surface area contributed by atoms with Gasteiger partial charge in [-0.15, -0.1) is 0 Å². The van der Waals surface area contributed by atoms with Crippen LogP contribution in [0.1, 0.15) is 16.7 Å². The first-order valence-electron chi connectivity index (χ1n) is 11.4. The molecule has 33 heavy (non-hydrogen) atoms. The van der Waals surface area contributed by atoms with Crippen LogP contribution in [0.3, 0.4) is 0 Å². The van der Waals surface area contributed by atoms with Crippen molar-refractivity contribution in [1.82, 2.24) is 15.0 Å². The Morgan fingerprint density at radius 2 is 2.12 bits per heavy atom. The van der Waals surface area contributed by atoms with Crippen molar-refractivity contribution in [3.05, 3.63) is 71.5 Å². The monoisotopic (exact) mass is 441 g/mol. The Labute approximate surface area is 192 Å². The third-order valence-electron chi connectivity index (χ3n) is 6.75. The molecule has 168 valence electrons. The van der Waals surface area contributed by atoms with Gasteiger partial charge in [-0.3, -0.25) is 0 Å². The van der Waals surface area contributed by atoms with Crippen LogP contribution in [-0.2, 0) is 17.9 Å². The molecule has 2 aliphatic rings. The summed E-state index contributed by atoms with van der Waals surface area (Å²) < 4.78 is 5.82. The summed E-state index contributed by atoms with van der Waals surface area (Å²) in [5, 5.41) is 11.0. The first kappa shape index (κ1) is 20.2. The number of anilines is 2. The molecule has 0 aliphatic carbocycles. The quantitative estimate of drug-likeness (QED) is 0.503. The number of benzene rings is 2. The zero-order valence-corrected chi connectivity index (χ0v) is 18.7. The number of hydrogen-bond donors (Lipinski definition) is 2. The molecule has 2 N–H and O–H groups in total. The largest absolute Gasteiger partial charge is 0.392 e. The van der Waals surface area contributed by atoms with Gasteiger partial charge in [0.1, 0.15) is 0 Å². The van der Waals surface area contributed by atoms with Gasteiger partial charge in [-0.25, -0.2) is 9.97 Å². The number of rotatable bonds is 4. The fraction of sp³-hybridized carbons (Fsp3) is 0.308. The Bertz CT molecular complexity index is 1320. The van der Waals surface area contributed by atoms with Crippen molar-refractivity contribution in [3.63, 3.8) is 0 Å². The van der Waals surface area contributed by atoms with Crippen LogP contribution in [0.5, 0.6) is 0 Å². The Morgan fingerprint density at radius 3 is 3.03 bits per heavy atom. The predicted octanol–water partition coefficient (Wildman–Crippen LogP) is 3.65. The molecular weight excluding hydrogens is 414 g/mol. The molecule has 7 nitrogen and oxygen atoms in total. The molecule has 0 radical (unpaired) electrons. The minimum Gasteiger partial charge on any atom is -0.392 e. The molecule has 4 aromatic rings. The summed E-state index contributed by atoms with van der Waals surface area (Å²) in [5.74, 6) is 1.70. The van der Waals surface area contributed by atoms with Crippen LogP contribution in [0.15, 0.2) is 54.9 Å². The van der Waals surface area contributed by atoms with Gasteiger partial charge in [-0.2, -0.15) is 0 Å². The number of nitrogens with zero attached hydrogens (tertiary/aromatic N) is 4. The van der Waals surface area contributed by atoms with Gasteiger partial charge in [0, 0.05) is 42.3 Å². The van der Waals surface area contributed by atoms with Gasteiger partial charge in [0.05, 0.1) is 37.7 Å². The number of H-pyrrole nitrogens is 1. The van der Waals surface area contributed by atoms with Gasteiger partial charge in [-0.1, -0.05) is 35.9 Å². The van der Waals surface area contributed by atoms with E-state index < -0.39 is 0 Å². The Kier molecular flexibility index (Phi) is 5.00. The van der Waals surface area contributed by atoms with Crippen LogP contribution >= 0.6 is 0 Å². The molecule has 1 fully saturated rings. The van der Waals surface area contributed by atoms with Crippen LogP contribution in [0.2, 0.25) is 0 Å². The van der Waals surface area contributed by atoms with Crippen molar-refractivity contribution < 1.29 is 9.84 Å². The van der Waals surface area contributed by atoms with Gasteiger partial charge < -0.3 is 24.6 Å². The number of nitrogens with one attached hydrogen (secondary N) is 1. The number of aromatic nitrogens is 3. The summed E-state index contributed by atoms with van der Waals surface area (Å²) in [6.07, 6.45) is 3.91. The number of morpholine rings is 1. The molecule has 4 heterocycles. The standard InChI is InChI=1S/C26H27N5O2/c1-17-5-6-18(15-32)19(11-17)13-30-14-20-16-33-10-9-31(20)26-24(30)12-28-25(29-26)22-3-2-4-23-21(22)7-8-27-23/h2-8,11-12,20,27,32H,9-10,13-16H2,1H3/t20-/m1/s1. The molecule has 1 saturated heterocycles. The summed E-state index contributed by atoms with van der Waals surface area (Å²) in [5.41, 5.74) is 6.42. The van der Waals surface area contributed by atoms with E-state index in [9.17, 15) is 5.11 Å². The third kappa shape index (κ3) is 3.53. The number of aryl methyl sites for hydroxylation is 1. The number of hydrogen-bond acceptors (Lipinski definition) is 6. The van der Waals surface area contributed by atoms with E-state index in [0.717, 1.165) is 58.0 Å². The summed E-state index contributed by atoms with van der Waals surface area (Å²) in [6, 6.07) is 14.7. The van der Waals surface area contributed by atoms with Gasteiger partial charge in [0.15, 0.2) is 11.6 Å². The maximum atomic E-state index is 9.88. The molecule has 0 amide bonds. The summed E-state index contributed by atoms with van der Waals surface area (Å²) in [4.78, 5) is 17.9. The Hall–Kier alpha value is -3.42. The first-order chi connectivity index (χ1) is 16.2. The van der Waals surface area contributed by atoms with Crippen molar-refractivity contribution >= 4 is 22.4 Å². The highest BCUT2D eigenvalue weighted by atomic mass is 16.5. The van der Waals surface area contributed by atoms with Crippen LogP contribution in [-0.4, -0.2) is 52.4 Å². The zero-order chi connectivity index (χ0) is 22.4. The van der Waals surface area contributed by atoms with E-state index in [4.69, 9.17) is 14.7 Å². The van der Waals surface area contributed by atoms with Crippen LogP contribution < -0.4 is 9.80 Å². The average Bonchev–Trinajstić information content (AvgIpc) is 3.33. The zero-order valence-electron chi connectivity index (χ0n) is 18.7. The average molecular weight is 442 g/mol. The maximum Gasteiger partial charge on any atom is 0.162 e. The maximum absolute atomic E-state index is 9.88. The van der Waals surface area contributed by atoms with Crippen molar-refractivity contribution in [2.24, 2.45) is 0 Å². The Balaban J connectivity index is 1.44. The molecule has 7 heteroatoms. The van der Waals surface area contributed by atoms with Crippen molar-refractivity contribution in [2.75, 3.05) is 36.1 Å². The van der Waals surface area contributed by atoms with E-state index >= 15 is 0 Å². The molecule has 2 aromatic heterocycles. The second-order valence-corrected chi connectivity index (χ2v) is 8.88. The van der Waals surface area contributed by atoms with Crippen LogP contribution in [0.4, 0.5) is 11.5 Å². The normalized spacial score (nSPS) is 17.8. The van der Waals surface area contributed by atoms with Gasteiger partial charge in [0.25, 0.3) is 0 Å². The summed E-state index contributed by atoms with van der Waals surface area (Å²) >= 11 is 0. The number of fused-ring (bicyclic) bond motifs is 4. The smallest absolute Gasteiger partial charge is 0.162 e. The lowest BCUT2D eigenvalue weighted by Gasteiger charge is -2.45. The van der Waals surface area contributed by atoms with E-state index in [-0.39, 0.29) is 12.6 Å². The first-order valence-corrected chi connectivity index (χ1v) is 11.4. The molecule has 0 saturated carbocycles. The number of aliphatic hydroxyl groups is 1. The van der Waals surface area contributed by atoms with E-state index in [1.54, 1.807) is 0 Å². The predicted molar refractivity (Wildman–Crippen MR) is 129 cm³/mol. The molecule has 0 spiro atoms. The highest BCUT2D eigenvalue weighted by molar-refractivity contribution is 5.93. The van der Waals surface area contributed by atoms with E-state index in [2.05, 4.69) is 46.0 Å². The van der Waals surface area contributed by atoms with Gasteiger partial charge >= 0.3 is 0 Å². The number of ether oxygens (including phenoxy) is 1. The number of aromatic amines is 1. The minimum atomic E-state index is 0.0328. The van der Waals surface area contributed by atoms with E-state index in [1.165, 1.54) is 5.56 Å². The van der Waals surface area contributed by atoms with Gasteiger partial charge in [0.2, 0.25) is 0 Å². The highest BCUT2D eigenvalue weighted by Crippen LogP contribution is 2.38. The van der Waals surface area contributed by atoms with E-state index in [0.29, 0.717) is 19.8 Å². The van der Waals surface area contributed by atoms with Crippen molar-refractivity contribution in [1.29, 1.82) is 0 Å². The lowest BCUT2D eigenvalue weighted by atomic mass is 10.0. The van der Waals surface area contributed by atoms with E-state index in [1.807, 2.05) is 30.6 Å². The summed E-state index contributed by atoms with van der Waals surface area (Å²) in [6.45, 7) is 5.86. The van der Waals surface area contributed by atoms with Crippen LogP contribution in [0.25, 0.3) is 22.3 Å². The second kappa shape index (κ2) is 8.17. The molecule has 2 aromatic carbocycles. The topological polar surface area (TPSA) is 77.5 Å². The second-order valence-electron chi connectivity index (χ2n) is 8.88. The third-order valence-corrected chi connectivity index (χ3v) is 6.75. The molecule has 2 aliphatic heterocycles. The van der Waals surface area contributed by atoms with Crippen molar-refractivity contribution in [2.45, 2.75) is 26.1 Å². The lowest BCUT2D eigenvalue weighted by molar-refractivity contribution is 0.0936. The summed E-state index contributed by atoms with van der Waals surface area (Å²) in [7, 11) is 0. The number of aliphatic hydroxyl groups excluding tert-OH is 1. The fourth-order valence-corrected chi connectivity index (χ4v) is 5.06. The fourth-order valence-electron chi connectivity index (χ4n) is 5.06. The molecule has 6 rings (SSSR count). The van der Waals surface area contributed by atoms with Crippen molar-refractivity contribution in [3.8, 4) is 11.4 Å². The van der Waals surface area contributed by atoms with Crippen LogP contribution in [0, 0.1) is 6.92 Å². The Morgan fingerprint density at radius 1 is 1.18 bits per heavy atom. The molecule has 0 unspecified atom stereocenters. The highest BCUT2D eigenvalue weighted by Gasteiger charge is 2.35. The SMILES string of the molecule is Cc1ccc(CO)c(CN2C[C@@H]3COCCN3c3nc(-c4cccc5[nH]ccc45)ncc32)c1. The molecule has 0 bridgehead atoms. The molecular formula is C26H27N5O2.